The number of amides is 2. The maximum Gasteiger partial charge on any atom is 0.495 e. The van der Waals surface area contributed by atoms with Crippen molar-refractivity contribution in [2.24, 2.45) is 0 Å². The van der Waals surface area contributed by atoms with E-state index in [2.05, 4.69) is 0 Å². The molecule has 33 heavy (non-hydrogen) atoms. The van der Waals surface area contributed by atoms with E-state index in [0.717, 1.165) is 5.56 Å². The molecule has 2 aliphatic heterocycles. The topological polar surface area (TPSA) is 68.3 Å². The van der Waals surface area contributed by atoms with E-state index < -0.39 is 41.7 Å². The van der Waals surface area contributed by atoms with Gasteiger partial charge in [0.1, 0.15) is 11.4 Å². The van der Waals surface area contributed by atoms with Crippen LogP contribution in [0.25, 0.3) is 0 Å². The standard InChI is InChI=1S/C24H36BFN2O5/c1-15-12-17(19(26)13-18(15)25-32-23(6,7)24(8,9)33-25)20(29)27-10-11-28(16(2)14-27)21(30)31-22(3,4)5/h12-13,16H,10-11,14H2,1-9H3/t16-/m1/s1. The first-order valence-electron chi connectivity index (χ1n) is 11.5. The van der Waals surface area contributed by atoms with Crippen molar-refractivity contribution >= 4 is 24.6 Å². The van der Waals surface area contributed by atoms with Gasteiger partial charge in [0, 0.05) is 25.7 Å². The van der Waals surface area contributed by atoms with Gasteiger partial charge in [-0.15, -0.1) is 0 Å². The fourth-order valence-electron chi connectivity index (χ4n) is 3.99. The van der Waals surface area contributed by atoms with Crippen molar-refractivity contribution in [2.75, 3.05) is 19.6 Å². The van der Waals surface area contributed by atoms with Crippen molar-refractivity contribution in [3.63, 3.8) is 0 Å². The Bertz CT molecular complexity index is 928. The third-order valence-corrected chi connectivity index (χ3v) is 6.64. The molecule has 0 radical (unpaired) electrons. The number of aryl methyl sites for hydroxylation is 1. The molecule has 0 spiro atoms. The van der Waals surface area contributed by atoms with Crippen molar-refractivity contribution in [2.45, 2.75) is 85.2 Å². The number of benzene rings is 1. The lowest BCUT2D eigenvalue weighted by Crippen LogP contribution is -2.56. The van der Waals surface area contributed by atoms with E-state index in [1.54, 1.807) is 15.9 Å². The smallest absolute Gasteiger partial charge is 0.444 e. The van der Waals surface area contributed by atoms with Crippen LogP contribution in [-0.2, 0) is 14.0 Å². The SMILES string of the molecule is Cc1cc(C(=O)N2CCN(C(=O)OC(C)(C)C)[C@H](C)C2)c(F)cc1B1OC(C)(C)C(C)(C)O1. The lowest BCUT2D eigenvalue weighted by atomic mass is 9.75. The molecule has 2 heterocycles. The minimum atomic E-state index is -0.703. The fourth-order valence-corrected chi connectivity index (χ4v) is 3.99. The first-order chi connectivity index (χ1) is 15.0. The number of carbonyl (C=O) groups excluding carboxylic acids is 2. The van der Waals surface area contributed by atoms with Gasteiger partial charge < -0.3 is 23.8 Å². The van der Waals surface area contributed by atoms with E-state index in [1.165, 1.54) is 6.07 Å². The zero-order valence-corrected chi connectivity index (χ0v) is 21.2. The lowest BCUT2D eigenvalue weighted by molar-refractivity contribution is 0.00190. The molecular weight excluding hydrogens is 426 g/mol. The number of rotatable bonds is 2. The van der Waals surface area contributed by atoms with Crippen LogP contribution in [0.4, 0.5) is 9.18 Å². The highest BCUT2D eigenvalue weighted by molar-refractivity contribution is 6.62. The van der Waals surface area contributed by atoms with Crippen molar-refractivity contribution in [1.82, 2.24) is 9.80 Å². The number of hydrogen-bond donors (Lipinski definition) is 0. The van der Waals surface area contributed by atoms with E-state index in [-0.39, 0.29) is 11.6 Å². The van der Waals surface area contributed by atoms with Crippen LogP contribution in [0.3, 0.4) is 0 Å². The molecule has 1 atom stereocenters. The molecule has 0 unspecified atom stereocenters. The Morgan fingerprint density at radius 1 is 1.12 bits per heavy atom. The predicted octanol–water partition coefficient (Wildman–Crippen LogP) is 3.51. The normalized spacial score (nSPS) is 22.5. The number of halogens is 1. The van der Waals surface area contributed by atoms with E-state index in [1.807, 2.05) is 62.3 Å². The molecule has 0 aromatic heterocycles. The van der Waals surface area contributed by atoms with Crippen molar-refractivity contribution in [3.8, 4) is 0 Å². The number of piperazine rings is 1. The molecule has 0 bridgehead atoms. The van der Waals surface area contributed by atoms with Gasteiger partial charge in [-0.1, -0.05) is 5.56 Å². The number of ether oxygens (including phenoxy) is 1. The summed E-state index contributed by atoms with van der Waals surface area (Å²) >= 11 is 0. The highest BCUT2D eigenvalue weighted by Gasteiger charge is 2.52. The minimum Gasteiger partial charge on any atom is -0.444 e. The molecule has 2 amide bonds. The fraction of sp³-hybridized carbons (Fsp3) is 0.667. The second-order valence-electron chi connectivity index (χ2n) is 11.1. The minimum absolute atomic E-state index is 0.00526. The molecule has 7 nitrogen and oxygen atoms in total. The zero-order valence-electron chi connectivity index (χ0n) is 21.2. The average molecular weight is 462 g/mol. The Labute approximate surface area is 196 Å². The molecule has 2 saturated heterocycles. The van der Waals surface area contributed by atoms with Crippen molar-refractivity contribution < 1.29 is 28.0 Å². The number of hydrogen-bond acceptors (Lipinski definition) is 5. The van der Waals surface area contributed by atoms with E-state index in [4.69, 9.17) is 14.0 Å². The third kappa shape index (κ3) is 5.19. The third-order valence-electron chi connectivity index (χ3n) is 6.64. The molecule has 1 aromatic rings. The molecule has 3 rings (SSSR count). The number of nitrogens with zero attached hydrogens (tertiary/aromatic N) is 2. The summed E-state index contributed by atoms with van der Waals surface area (Å²) in [7, 11) is -0.703. The lowest BCUT2D eigenvalue weighted by Gasteiger charge is -2.40. The summed E-state index contributed by atoms with van der Waals surface area (Å²) in [5.41, 5.74) is -0.378. The van der Waals surface area contributed by atoms with Gasteiger partial charge in [-0.25, -0.2) is 9.18 Å². The first-order valence-corrected chi connectivity index (χ1v) is 11.5. The van der Waals surface area contributed by atoms with Gasteiger partial charge in [-0.2, -0.15) is 0 Å². The monoisotopic (exact) mass is 462 g/mol. The maximum atomic E-state index is 15.1. The highest BCUT2D eigenvalue weighted by Crippen LogP contribution is 2.36. The molecule has 0 N–H and O–H groups in total. The van der Waals surface area contributed by atoms with E-state index >= 15 is 4.39 Å². The Hall–Kier alpha value is -2.13. The summed E-state index contributed by atoms with van der Waals surface area (Å²) in [5.74, 6) is -1.01. The van der Waals surface area contributed by atoms with Crippen molar-refractivity contribution in [3.05, 3.63) is 29.1 Å². The van der Waals surface area contributed by atoms with Crippen molar-refractivity contribution in [1.29, 1.82) is 0 Å². The molecule has 0 aliphatic carbocycles. The summed E-state index contributed by atoms with van der Waals surface area (Å²) in [6.07, 6.45) is -0.407. The second kappa shape index (κ2) is 8.58. The van der Waals surface area contributed by atoms with Crippen LogP contribution in [0.5, 0.6) is 0 Å². The summed E-state index contributed by atoms with van der Waals surface area (Å²) in [5, 5.41) is 0. The molecule has 0 saturated carbocycles. The van der Waals surface area contributed by atoms with Crippen LogP contribution in [0, 0.1) is 12.7 Å². The largest absolute Gasteiger partial charge is 0.495 e. The van der Waals surface area contributed by atoms with Crippen LogP contribution in [0.2, 0.25) is 0 Å². The molecule has 2 aliphatic rings. The quantitative estimate of drug-likeness (QED) is 0.630. The summed E-state index contributed by atoms with van der Waals surface area (Å²) < 4.78 is 32.7. The van der Waals surface area contributed by atoms with Gasteiger partial charge in [0.15, 0.2) is 0 Å². The van der Waals surface area contributed by atoms with E-state index in [0.29, 0.717) is 25.1 Å². The van der Waals surface area contributed by atoms with Gasteiger partial charge in [0.05, 0.1) is 16.8 Å². The highest BCUT2D eigenvalue weighted by atomic mass is 19.1. The van der Waals surface area contributed by atoms with Gasteiger partial charge in [-0.3, -0.25) is 4.79 Å². The summed E-state index contributed by atoms with van der Waals surface area (Å²) in [6, 6.07) is 2.65. The molecule has 182 valence electrons. The Balaban J connectivity index is 1.74. The Kier molecular flexibility index (Phi) is 6.63. The van der Waals surface area contributed by atoms with Crippen LogP contribution in [0.1, 0.15) is 71.3 Å². The van der Waals surface area contributed by atoms with Crippen LogP contribution >= 0.6 is 0 Å². The second-order valence-corrected chi connectivity index (χ2v) is 11.1. The summed E-state index contributed by atoms with van der Waals surface area (Å²) in [6.45, 7) is 17.8. The first kappa shape index (κ1) is 25.5. The molecular formula is C24H36BFN2O5. The zero-order chi connectivity index (χ0) is 24.9. The van der Waals surface area contributed by atoms with Crippen LogP contribution < -0.4 is 5.46 Å². The van der Waals surface area contributed by atoms with E-state index in [9.17, 15) is 9.59 Å². The van der Waals surface area contributed by atoms with Crippen LogP contribution in [0.15, 0.2) is 12.1 Å². The van der Waals surface area contributed by atoms with Gasteiger partial charge in [0.2, 0.25) is 0 Å². The van der Waals surface area contributed by atoms with Gasteiger partial charge >= 0.3 is 13.2 Å². The maximum absolute atomic E-state index is 15.1. The van der Waals surface area contributed by atoms with Gasteiger partial charge in [0.25, 0.3) is 5.91 Å². The molecule has 1 aromatic carbocycles. The van der Waals surface area contributed by atoms with Crippen LogP contribution in [-0.4, -0.2) is 71.4 Å². The Morgan fingerprint density at radius 2 is 1.70 bits per heavy atom. The molecule has 9 heteroatoms. The summed E-state index contributed by atoms with van der Waals surface area (Å²) in [4.78, 5) is 28.8. The number of carbonyl (C=O) groups is 2. The van der Waals surface area contributed by atoms with Gasteiger partial charge in [-0.05, 0) is 79.9 Å². The predicted molar refractivity (Wildman–Crippen MR) is 125 cm³/mol. The average Bonchev–Trinajstić information content (AvgIpc) is 2.88. The Morgan fingerprint density at radius 3 is 2.21 bits per heavy atom. The molecule has 2 fully saturated rings.